The summed E-state index contributed by atoms with van der Waals surface area (Å²) in [5.41, 5.74) is 1.11. The van der Waals surface area contributed by atoms with Gasteiger partial charge in [-0.1, -0.05) is 30.3 Å². The second kappa shape index (κ2) is 7.46. The van der Waals surface area contributed by atoms with Gasteiger partial charge in [-0.2, -0.15) is 0 Å². The molecule has 3 fully saturated rings. The van der Waals surface area contributed by atoms with Crippen molar-refractivity contribution in [1.82, 2.24) is 10.2 Å². The molecule has 2 heterocycles. The minimum absolute atomic E-state index is 0. The maximum Gasteiger partial charge on any atom is 0.226 e. The first-order chi connectivity index (χ1) is 11.7. The minimum atomic E-state index is 0. The van der Waals surface area contributed by atoms with Gasteiger partial charge in [-0.05, 0) is 50.6 Å². The monoisotopic (exact) mass is 362 g/mol. The normalized spacial score (nSPS) is 25.3. The van der Waals surface area contributed by atoms with E-state index in [0.717, 1.165) is 63.8 Å². The van der Waals surface area contributed by atoms with Crippen LogP contribution in [-0.4, -0.2) is 42.8 Å². The van der Waals surface area contributed by atoms with Crippen LogP contribution in [-0.2, 0) is 4.79 Å². The van der Waals surface area contributed by atoms with Crippen molar-refractivity contribution >= 4 is 24.1 Å². The zero-order valence-electron chi connectivity index (χ0n) is 14.6. The number of nitrogens with zero attached hydrogens (tertiary/aromatic N) is 1. The van der Waals surface area contributed by atoms with E-state index >= 15 is 0 Å². The number of rotatable bonds is 3. The van der Waals surface area contributed by atoms with Crippen LogP contribution < -0.4 is 5.32 Å². The molecule has 1 aliphatic carbocycles. The Morgan fingerprint density at radius 2 is 1.68 bits per heavy atom. The second-order valence-corrected chi connectivity index (χ2v) is 7.70. The maximum absolute atomic E-state index is 12.8. The van der Waals surface area contributed by atoms with Crippen LogP contribution in [0.2, 0.25) is 0 Å². The number of carbonyl (C=O) groups is 2. The lowest BCUT2D eigenvalue weighted by Crippen LogP contribution is -2.42. The van der Waals surface area contributed by atoms with Crippen LogP contribution in [0, 0.1) is 17.3 Å². The summed E-state index contributed by atoms with van der Waals surface area (Å²) in [6, 6.07) is 9.55. The first kappa shape index (κ1) is 18.4. The lowest BCUT2D eigenvalue weighted by atomic mass is 9.88. The van der Waals surface area contributed by atoms with Crippen LogP contribution in [0.1, 0.15) is 42.5 Å². The Morgan fingerprint density at radius 3 is 2.32 bits per heavy atom. The summed E-state index contributed by atoms with van der Waals surface area (Å²) in [5.74, 6) is 0.913. The SMILES string of the molecule is Cl.O=C(c1ccccc1)C1CCN(C(=O)C2CC23CCNCC3)CC1. The van der Waals surface area contributed by atoms with E-state index in [1.807, 2.05) is 35.2 Å². The third-order valence-electron chi connectivity index (χ3n) is 6.32. The van der Waals surface area contributed by atoms with E-state index in [2.05, 4.69) is 5.32 Å². The Balaban J connectivity index is 0.00000182. The molecule has 1 aromatic carbocycles. The summed E-state index contributed by atoms with van der Waals surface area (Å²) < 4.78 is 0. The zero-order chi connectivity index (χ0) is 16.6. The topological polar surface area (TPSA) is 49.4 Å². The number of hydrogen-bond donors (Lipinski definition) is 1. The summed E-state index contributed by atoms with van der Waals surface area (Å²) in [4.78, 5) is 27.4. The van der Waals surface area contributed by atoms with Gasteiger partial charge in [0.15, 0.2) is 5.78 Å². The van der Waals surface area contributed by atoms with Gasteiger partial charge in [0.05, 0.1) is 0 Å². The molecule has 0 radical (unpaired) electrons. The lowest BCUT2D eigenvalue weighted by molar-refractivity contribution is -0.134. The molecule has 136 valence electrons. The maximum atomic E-state index is 12.8. The van der Waals surface area contributed by atoms with Crippen molar-refractivity contribution in [2.75, 3.05) is 26.2 Å². The van der Waals surface area contributed by atoms with Crippen LogP contribution in [0.3, 0.4) is 0 Å². The van der Waals surface area contributed by atoms with E-state index in [1.54, 1.807) is 0 Å². The van der Waals surface area contributed by atoms with E-state index in [0.29, 0.717) is 11.3 Å². The van der Waals surface area contributed by atoms with E-state index in [9.17, 15) is 9.59 Å². The van der Waals surface area contributed by atoms with Crippen LogP contribution in [0.4, 0.5) is 0 Å². The van der Waals surface area contributed by atoms with Crippen LogP contribution >= 0.6 is 12.4 Å². The third-order valence-corrected chi connectivity index (χ3v) is 6.32. The van der Waals surface area contributed by atoms with Crippen molar-refractivity contribution < 1.29 is 9.59 Å². The van der Waals surface area contributed by atoms with Gasteiger partial charge in [0.1, 0.15) is 0 Å². The highest BCUT2D eigenvalue weighted by Gasteiger charge is 2.58. The largest absolute Gasteiger partial charge is 0.342 e. The fourth-order valence-electron chi connectivity index (χ4n) is 4.59. The fraction of sp³-hybridized carbons (Fsp3) is 0.600. The number of piperidine rings is 2. The Bertz CT molecular complexity index is 620. The van der Waals surface area contributed by atoms with Crippen LogP contribution in [0.25, 0.3) is 0 Å². The second-order valence-electron chi connectivity index (χ2n) is 7.70. The summed E-state index contributed by atoms with van der Waals surface area (Å²) in [6.45, 7) is 3.59. The van der Waals surface area contributed by atoms with Gasteiger partial charge in [0, 0.05) is 30.5 Å². The van der Waals surface area contributed by atoms with Gasteiger partial charge >= 0.3 is 0 Å². The Labute approximate surface area is 155 Å². The summed E-state index contributed by atoms with van der Waals surface area (Å²) >= 11 is 0. The van der Waals surface area contributed by atoms with Gasteiger partial charge in [-0.15, -0.1) is 12.4 Å². The summed E-state index contributed by atoms with van der Waals surface area (Å²) in [7, 11) is 0. The van der Waals surface area contributed by atoms with Crippen molar-refractivity contribution in [3.63, 3.8) is 0 Å². The molecule has 0 aromatic heterocycles. The molecule has 1 atom stereocenters. The van der Waals surface area contributed by atoms with E-state index in [4.69, 9.17) is 0 Å². The molecule has 1 spiro atoms. The van der Waals surface area contributed by atoms with Crippen molar-refractivity contribution in [2.45, 2.75) is 32.1 Å². The number of nitrogens with one attached hydrogen (secondary N) is 1. The molecule has 25 heavy (non-hydrogen) atoms. The van der Waals surface area contributed by atoms with Crippen LogP contribution in [0.15, 0.2) is 30.3 Å². The molecule has 4 rings (SSSR count). The number of Topliss-reactive ketones (excluding diaryl/α,β-unsaturated/α-hetero) is 1. The molecule has 3 aliphatic rings. The Morgan fingerprint density at radius 1 is 1.04 bits per heavy atom. The van der Waals surface area contributed by atoms with Crippen molar-refractivity contribution in [2.24, 2.45) is 17.3 Å². The molecule has 0 bridgehead atoms. The van der Waals surface area contributed by atoms with Gasteiger partial charge in [-0.25, -0.2) is 0 Å². The number of carbonyl (C=O) groups excluding carboxylic acids is 2. The number of benzene rings is 1. The van der Waals surface area contributed by atoms with Crippen molar-refractivity contribution in [1.29, 1.82) is 0 Å². The van der Waals surface area contributed by atoms with E-state index in [-0.39, 0.29) is 30.0 Å². The van der Waals surface area contributed by atoms with Gasteiger partial charge in [0.2, 0.25) is 5.91 Å². The third kappa shape index (κ3) is 3.61. The van der Waals surface area contributed by atoms with Gasteiger partial charge in [0.25, 0.3) is 0 Å². The highest BCUT2D eigenvalue weighted by Crippen LogP contribution is 2.59. The first-order valence-corrected chi connectivity index (χ1v) is 9.28. The molecule has 1 N–H and O–H groups in total. The molecule has 1 aromatic rings. The first-order valence-electron chi connectivity index (χ1n) is 9.28. The molecular weight excluding hydrogens is 336 g/mol. The molecular formula is C20H27ClN2O2. The fourth-order valence-corrected chi connectivity index (χ4v) is 4.59. The molecule has 1 amide bonds. The average molecular weight is 363 g/mol. The van der Waals surface area contributed by atoms with Crippen molar-refractivity contribution in [3.05, 3.63) is 35.9 Å². The smallest absolute Gasteiger partial charge is 0.226 e. The molecule has 1 unspecified atom stereocenters. The highest BCUT2D eigenvalue weighted by atomic mass is 35.5. The summed E-state index contributed by atoms with van der Waals surface area (Å²) in [6.07, 6.45) is 4.98. The summed E-state index contributed by atoms with van der Waals surface area (Å²) in [5, 5.41) is 3.39. The zero-order valence-corrected chi connectivity index (χ0v) is 15.4. The Hall–Kier alpha value is -1.39. The number of likely N-dealkylation sites (tertiary alicyclic amines) is 1. The predicted octanol–water partition coefficient (Wildman–Crippen LogP) is 2.92. The molecule has 5 heteroatoms. The quantitative estimate of drug-likeness (QED) is 0.841. The van der Waals surface area contributed by atoms with E-state index in [1.165, 1.54) is 0 Å². The minimum Gasteiger partial charge on any atom is -0.342 e. The molecule has 4 nitrogen and oxygen atoms in total. The van der Waals surface area contributed by atoms with Gasteiger partial charge < -0.3 is 10.2 Å². The molecule has 2 saturated heterocycles. The Kier molecular flexibility index (Phi) is 5.49. The number of amides is 1. The number of ketones is 1. The lowest BCUT2D eigenvalue weighted by Gasteiger charge is -2.32. The van der Waals surface area contributed by atoms with Gasteiger partial charge in [-0.3, -0.25) is 9.59 Å². The number of halogens is 1. The molecule has 2 aliphatic heterocycles. The highest BCUT2D eigenvalue weighted by molar-refractivity contribution is 5.98. The van der Waals surface area contributed by atoms with E-state index < -0.39 is 0 Å². The molecule has 1 saturated carbocycles. The van der Waals surface area contributed by atoms with Crippen molar-refractivity contribution in [3.8, 4) is 0 Å². The predicted molar refractivity (Wildman–Crippen MR) is 100.0 cm³/mol. The standard InChI is InChI=1S/C20H26N2O2.ClH/c23-18(15-4-2-1-3-5-15)16-6-12-22(13-7-16)19(24)17-14-20(17)8-10-21-11-9-20;/h1-5,16-17,21H,6-14H2;1H. The average Bonchev–Trinajstić information content (AvgIpc) is 3.34. The number of hydrogen-bond acceptors (Lipinski definition) is 3. The van der Waals surface area contributed by atoms with Crippen LogP contribution in [0.5, 0.6) is 0 Å².